The molecule has 1 aromatic heterocycles. The Morgan fingerprint density at radius 2 is 1.86 bits per heavy atom. The summed E-state index contributed by atoms with van der Waals surface area (Å²) in [6.07, 6.45) is 6.01. The molecule has 0 amide bonds. The molecule has 2 heterocycles. The molecule has 0 bridgehead atoms. The Morgan fingerprint density at radius 3 is 2.68 bits per heavy atom. The summed E-state index contributed by atoms with van der Waals surface area (Å²) in [5.41, 5.74) is 10.2. The lowest BCUT2D eigenvalue weighted by atomic mass is 10.00. The number of aromatic nitrogens is 2. The molecule has 4 rings (SSSR count). The number of hydrogen-bond donors (Lipinski definition) is 1. The van der Waals surface area contributed by atoms with E-state index in [2.05, 4.69) is 65.3 Å². The van der Waals surface area contributed by atoms with Crippen LogP contribution in [0.5, 0.6) is 0 Å². The average molecular weight is 435 g/mol. The summed E-state index contributed by atoms with van der Waals surface area (Å²) in [5.74, 6) is 1.03. The summed E-state index contributed by atoms with van der Waals surface area (Å²) in [6.45, 7) is 1.71. The second-order valence-corrected chi connectivity index (χ2v) is 7.40. The molecule has 0 radical (unpaired) electrons. The van der Waals surface area contributed by atoms with Crippen molar-refractivity contribution in [3.63, 3.8) is 0 Å². The molecule has 7 heteroatoms. The maximum absolute atomic E-state index is 6.07. The Labute approximate surface area is 172 Å². The van der Waals surface area contributed by atoms with Crippen LogP contribution in [0.25, 0.3) is 0 Å². The zero-order valence-electron chi connectivity index (χ0n) is 15.2. The number of halogens is 1. The molecule has 140 valence electrons. The fraction of sp³-hybridized carbons (Fsp3) is 0.143. The van der Waals surface area contributed by atoms with Crippen molar-refractivity contribution in [1.82, 2.24) is 9.97 Å². The fourth-order valence-electron chi connectivity index (χ4n) is 3.08. The van der Waals surface area contributed by atoms with Gasteiger partial charge in [0.05, 0.1) is 18.6 Å². The molecule has 0 saturated carbocycles. The van der Waals surface area contributed by atoms with Crippen LogP contribution in [0.15, 0.2) is 75.6 Å². The molecule has 2 aromatic carbocycles. The van der Waals surface area contributed by atoms with E-state index in [0.29, 0.717) is 5.69 Å². The number of nitrogens with two attached hydrogens (primary N) is 1. The summed E-state index contributed by atoms with van der Waals surface area (Å²) in [7, 11) is 0. The zero-order valence-corrected chi connectivity index (χ0v) is 16.7. The van der Waals surface area contributed by atoms with Gasteiger partial charge in [0.1, 0.15) is 11.5 Å². The van der Waals surface area contributed by atoms with Crippen LogP contribution in [-0.4, -0.2) is 28.6 Å². The van der Waals surface area contributed by atoms with Gasteiger partial charge < -0.3 is 10.6 Å². The van der Waals surface area contributed by atoms with E-state index in [4.69, 9.17) is 5.73 Å². The van der Waals surface area contributed by atoms with E-state index in [9.17, 15) is 0 Å². The highest BCUT2D eigenvalue weighted by Gasteiger charge is 2.17. The van der Waals surface area contributed by atoms with Gasteiger partial charge in [-0.15, -0.1) is 5.10 Å². The Bertz CT molecular complexity index is 1030. The minimum atomic E-state index is 0.236. The molecule has 0 atom stereocenters. The largest absolute Gasteiger partial charge is 0.380 e. The molecular weight excluding hydrogens is 416 g/mol. The highest BCUT2D eigenvalue weighted by Crippen LogP contribution is 2.22. The van der Waals surface area contributed by atoms with Crippen molar-refractivity contribution in [2.75, 3.05) is 11.4 Å². The Hall–Kier alpha value is -3.06. The Morgan fingerprint density at radius 1 is 1.07 bits per heavy atom. The van der Waals surface area contributed by atoms with Crippen molar-refractivity contribution < 1.29 is 0 Å². The lowest BCUT2D eigenvalue weighted by molar-refractivity contribution is 0.718. The summed E-state index contributed by atoms with van der Waals surface area (Å²) in [6, 6.07) is 16.3. The summed E-state index contributed by atoms with van der Waals surface area (Å²) in [4.78, 5) is 11.1. The van der Waals surface area contributed by atoms with Crippen molar-refractivity contribution in [2.45, 2.75) is 13.0 Å². The number of benzene rings is 2. The lowest BCUT2D eigenvalue weighted by Crippen LogP contribution is -2.31. The van der Waals surface area contributed by atoms with Gasteiger partial charge in [-0.25, -0.2) is 4.98 Å². The van der Waals surface area contributed by atoms with Crippen LogP contribution in [-0.2, 0) is 13.0 Å². The Kier molecular flexibility index (Phi) is 5.43. The van der Waals surface area contributed by atoms with Crippen molar-refractivity contribution in [1.29, 1.82) is 0 Å². The van der Waals surface area contributed by atoms with E-state index in [0.717, 1.165) is 35.4 Å². The minimum absolute atomic E-state index is 0.236. The smallest absolute Gasteiger partial charge is 0.173 e. The number of anilines is 1. The van der Waals surface area contributed by atoms with Crippen LogP contribution in [0.1, 0.15) is 22.4 Å². The number of rotatable bonds is 4. The van der Waals surface area contributed by atoms with E-state index >= 15 is 0 Å². The third kappa shape index (κ3) is 4.26. The number of fused-ring (bicyclic) bond motifs is 1. The van der Waals surface area contributed by atoms with Gasteiger partial charge >= 0.3 is 0 Å². The van der Waals surface area contributed by atoms with Crippen LogP contribution >= 0.6 is 15.9 Å². The molecule has 6 nitrogen and oxygen atoms in total. The lowest BCUT2D eigenvalue weighted by Gasteiger charge is -2.29. The van der Waals surface area contributed by atoms with E-state index in [1.54, 1.807) is 18.6 Å². The highest BCUT2D eigenvalue weighted by molar-refractivity contribution is 9.10. The summed E-state index contributed by atoms with van der Waals surface area (Å²) in [5, 5.41) is 8.13. The first-order valence-electron chi connectivity index (χ1n) is 8.95. The van der Waals surface area contributed by atoms with Gasteiger partial charge in [-0.2, -0.15) is 5.10 Å². The van der Waals surface area contributed by atoms with Gasteiger partial charge in [0, 0.05) is 17.6 Å². The monoisotopic (exact) mass is 434 g/mol. The summed E-state index contributed by atoms with van der Waals surface area (Å²) >= 11 is 3.40. The molecule has 0 unspecified atom stereocenters. The van der Waals surface area contributed by atoms with Gasteiger partial charge in [0.25, 0.3) is 0 Å². The van der Waals surface area contributed by atoms with Crippen molar-refractivity contribution in [3.8, 4) is 0 Å². The normalized spacial score (nSPS) is 14.3. The topological polar surface area (TPSA) is 79.8 Å². The van der Waals surface area contributed by atoms with Crippen molar-refractivity contribution >= 4 is 33.8 Å². The van der Waals surface area contributed by atoms with Crippen LogP contribution in [0.2, 0.25) is 0 Å². The summed E-state index contributed by atoms with van der Waals surface area (Å²) < 4.78 is 1.01. The van der Waals surface area contributed by atoms with Crippen LogP contribution < -0.4 is 10.6 Å². The maximum atomic E-state index is 6.07. The molecule has 1 aliphatic heterocycles. The molecule has 1 aliphatic rings. The fourth-order valence-corrected chi connectivity index (χ4v) is 3.34. The standard InChI is InChI=1S/C21H19BrN6/c22-18-7-5-15(6-8-18)11-25-27-21(23)19-12-24-13-20(26-19)28-10-9-16-3-1-2-4-17(16)14-28/h1-8,11-13H,9-10,14H2,(H2,23,27)/b25-11-. The molecule has 2 N–H and O–H groups in total. The first kappa shape index (κ1) is 18.3. The molecule has 0 spiro atoms. The molecular formula is C21H19BrN6. The second-order valence-electron chi connectivity index (χ2n) is 6.48. The van der Waals surface area contributed by atoms with Gasteiger partial charge in [-0.05, 0) is 35.2 Å². The van der Waals surface area contributed by atoms with Crippen LogP contribution in [0.4, 0.5) is 5.82 Å². The average Bonchev–Trinajstić information content (AvgIpc) is 2.75. The minimum Gasteiger partial charge on any atom is -0.380 e. The van der Waals surface area contributed by atoms with E-state index in [-0.39, 0.29) is 5.84 Å². The van der Waals surface area contributed by atoms with E-state index in [1.807, 2.05) is 24.3 Å². The number of amidine groups is 1. The predicted octanol–water partition coefficient (Wildman–Crippen LogP) is 3.54. The Balaban J connectivity index is 1.49. The molecule has 0 aliphatic carbocycles. The SMILES string of the molecule is N/C(=N\N=C/c1ccc(Br)cc1)c1cncc(N2CCc3ccccc3C2)n1. The molecule has 0 saturated heterocycles. The molecule has 0 fully saturated rings. The number of nitrogens with zero attached hydrogens (tertiary/aromatic N) is 5. The van der Waals surface area contributed by atoms with Crippen LogP contribution in [0, 0.1) is 0 Å². The molecule has 28 heavy (non-hydrogen) atoms. The maximum Gasteiger partial charge on any atom is 0.173 e. The molecule has 3 aromatic rings. The van der Waals surface area contributed by atoms with E-state index in [1.165, 1.54) is 11.1 Å². The van der Waals surface area contributed by atoms with Crippen molar-refractivity contribution in [3.05, 3.63) is 87.8 Å². The second kappa shape index (κ2) is 8.31. The van der Waals surface area contributed by atoms with Crippen LogP contribution in [0.3, 0.4) is 0 Å². The van der Waals surface area contributed by atoms with Gasteiger partial charge in [0.2, 0.25) is 0 Å². The first-order chi connectivity index (χ1) is 13.7. The van der Waals surface area contributed by atoms with Gasteiger partial charge in [-0.1, -0.05) is 52.3 Å². The van der Waals surface area contributed by atoms with Gasteiger partial charge in [-0.3, -0.25) is 4.98 Å². The zero-order chi connectivity index (χ0) is 19.3. The van der Waals surface area contributed by atoms with Crippen molar-refractivity contribution in [2.24, 2.45) is 15.9 Å². The predicted molar refractivity (Wildman–Crippen MR) is 116 cm³/mol. The third-order valence-electron chi connectivity index (χ3n) is 4.58. The van der Waals surface area contributed by atoms with Gasteiger partial charge in [0.15, 0.2) is 5.84 Å². The van der Waals surface area contributed by atoms with E-state index < -0.39 is 0 Å². The first-order valence-corrected chi connectivity index (χ1v) is 9.74. The quantitative estimate of drug-likeness (QED) is 0.386. The highest BCUT2D eigenvalue weighted by atomic mass is 79.9. The number of hydrogen-bond acceptors (Lipinski definition) is 5. The third-order valence-corrected chi connectivity index (χ3v) is 5.11.